The summed E-state index contributed by atoms with van der Waals surface area (Å²) < 4.78 is 9.86. The highest BCUT2D eigenvalue weighted by atomic mass is 79.9. The number of anilines is 1. The molecule has 0 unspecified atom stereocenters. The minimum Gasteiger partial charge on any atom is -0.377 e. The molecule has 2 aromatic rings. The fourth-order valence-corrected chi connectivity index (χ4v) is 1.91. The smallest absolute Gasteiger partial charge is 0.277 e. The van der Waals surface area contributed by atoms with Crippen LogP contribution in [-0.2, 0) is 16.7 Å². The summed E-state index contributed by atoms with van der Waals surface area (Å²) in [6.45, 7) is 0.291. The molecule has 0 spiro atoms. The van der Waals surface area contributed by atoms with E-state index in [0.717, 1.165) is 16.6 Å². The van der Waals surface area contributed by atoms with Gasteiger partial charge in [0.25, 0.3) is 5.91 Å². The van der Waals surface area contributed by atoms with Crippen molar-refractivity contribution < 1.29 is 14.1 Å². The molecule has 0 bridgehead atoms. The second-order valence-corrected chi connectivity index (χ2v) is 4.46. The molecular formula is C13H13BrN2O3. The van der Waals surface area contributed by atoms with E-state index in [1.54, 1.807) is 13.2 Å². The van der Waals surface area contributed by atoms with E-state index in [9.17, 15) is 4.79 Å². The molecule has 0 aliphatic heterocycles. The molecular weight excluding hydrogens is 312 g/mol. The Hall–Kier alpha value is -1.66. The first kappa shape index (κ1) is 13.8. The molecule has 1 heterocycles. The fraction of sp³-hybridized carbons (Fsp3) is 0.231. The highest BCUT2D eigenvalue weighted by molar-refractivity contribution is 9.08. The summed E-state index contributed by atoms with van der Waals surface area (Å²) in [4.78, 5) is 11.9. The number of nitrogens with zero attached hydrogens (tertiary/aromatic N) is 1. The third-order valence-electron chi connectivity index (χ3n) is 2.42. The Morgan fingerprint density at radius 1 is 1.47 bits per heavy atom. The predicted molar refractivity (Wildman–Crippen MR) is 74.2 cm³/mol. The highest BCUT2D eigenvalue weighted by Crippen LogP contribution is 2.14. The second-order valence-electron chi connectivity index (χ2n) is 3.90. The van der Waals surface area contributed by atoms with Crippen LogP contribution in [0.3, 0.4) is 0 Å². The van der Waals surface area contributed by atoms with Gasteiger partial charge in [-0.3, -0.25) is 4.79 Å². The van der Waals surface area contributed by atoms with Crippen molar-refractivity contribution in [2.45, 2.75) is 11.9 Å². The standard InChI is InChI=1S/C13H13BrN2O3/c1-18-8-11-6-12(16-19-11)13(17)15-10-4-2-3-9(5-10)7-14/h2-6H,7-8H2,1H3,(H,15,17). The molecule has 0 aliphatic carbocycles. The molecule has 0 saturated heterocycles. The van der Waals surface area contributed by atoms with Crippen molar-refractivity contribution in [3.8, 4) is 0 Å². The third-order valence-corrected chi connectivity index (χ3v) is 3.06. The van der Waals surface area contributed by atoms with E-state index in [4.69, 9.17) is 9.26 Å². The van der Waals surface area contributed by atoms with Gasteiger partial charge < -0.3 is 14.6 Å². The van der Waals surface area contributed by atoms with Crippen LogP contribution in [0.2, 0.25) is 0 Å². The summed E-state index contributed by atoms with van der Waals surface area (Å²) in [6.07, 6.45) is 0. The molecule has 0 aliphatic rings. The van der Waals surface area contributed by atoms with Crippen LogP contribution in [0, 0.1) is 0 Å². The molecule has 100 valence electrons. The summed E-state index contributed by atoms with van der Waals surface area (Å²) in [5, 5.41) is 7.20. The Bertz CT molecular complexity index is 569. The molecule has 1 amide bonds. The number of aromatic nitrogens is 1. The number of methoxy groups -OCH3 is 1. The van der Waals surface area contributed by atoms with Crippen molar-refractivity contribution in [2.24, 2.45) is 0 Å². The van der Waals surface area contributed by atoms with Gasteiger partial charge in [-0.15, -0.1) is 0 Å². The maximum atomic E-state index is 11.9. The zero-order valence-corrected chi connectivity index (χ0v) is 11.9. The number of hydrogen-bond donors (Lipinski definition) is 1. The first-order valence-corrected chi connectivity index (χ1v) is 6.76. The molecule has 0 radical (unpaired) electrons. The molecule has 0 saturated carbocycles. The van der Waals surface area contributed by atoms with Crippen molar-refractivity contribution in [3.05, 3.63) is 47.3 Å². The maximum Gasteiger partial charge on any atom is 0.277 e. The number of carbonyl (C=O) groups excluding carboxylic acids is 1. The molecule has 0 atom stereocenters. The van der Waals surface area contributed by atoms with E-state index in [2.05, 4.69) is 26.4 Å². The van der Waals surface area contributed by atoms with Gasteiger partial charge >= 0.3 is 0 Å². The number of alkyl halides is 1. The lowest BCUT2D eigenvalue weighted by Gasteiger charge is -2.04. The normalized spacial score (nSPS) is 10.4. The first-order valence-electron chi connectivity index (χ1n) is 5.63. The van der Waals surface area contributed by atoms with E-state index < -0.39 is 0 Å². The van der Waals surface area contributed by atoms with Gasteiger partial charge in [0.1, 0.15) is 6.61 Å². The zero-order chi connectivity index (χ0) is 13.7. The topological polar surface area (TPSA) is 64.4 Å². The molecule has 0 fully saturated rings. The maximum absolute atomic E-state index is 11.9. The average Bonchev–Trinajstić information content (AvgIpc) is 2.88. The monoisotopic (exact) mass is 324 g/mol. The predicted octanol–water partition coefficient (Wildman–Crippen LogP) is 2.97. The van der Waals surface area contributed by atoms with Crippen molar-refractivity contribution in [1.82, 2.24) is 5.16 Å². The van der Waals surface area contributed by atoms with Crippen LogP contribution in [0.25, 0.3) is 0 Å². The number of rotatable bonds is 5. The van der Waals surface area contributed by atoms with E-state index >= 15 is 0 Å². The van der Waals surface area contributed by atoms with Crippen LogP contribution in [0.15, 0.2) is 34.9 Å². The van der Waals surface area contributed by atoms with Gasteiger partial charge in [-0.1, -0.05) is 33.2 Å². The highest BCUT2D eigenvalue weighted by Gasteiger charge is 2.12. The van der Waals surface area contributed by atoms with Crippen LogP contribution in [-0.4, -0.2) is 18.2 Å². The number of carbonyl (C=O) groups is 1. The minimum absolute atomic E-state index is 0.233. The lowest BCUT2D eigenvalue weighted by molar-refractivity contribution is 0.101. The van der Waals surface area contributed by atoms with E-state index in [1.807, 2.05) is 24.3 Å². The Morgan fingerprint density at radius 3 is 3.05 bits per heavy atom. The van der Waals surface area contributed by atoms with E-state index in [0.29, 0.717) is 12.4 Å². The number of halogens is 1. The van der Waals surface area contributed by atoms with Gasteiger partial charge in [-0.2, -0.15) is 0 Å². The molecule has 1 aromatic carbocycles. The summed E-state index contributed by atoms with van der Waals surface area (Å²) in [7, 11) is 1.55. The fourth-order valence-electron chi connectivity index (χ4n) is 1.56. The first-order chi connectivity index (χ1) is 9.22. The molecule has 5 nitrogen and oxygen atoms in total. The Labute approximate surface area is 119 Å². The van der Waals surface area contributed by atoms with E-state index in [1.165, 1.54) is 0 Å². The van der Waals surface area contributed by atoms with Crippen LogP contribution >= 0.6 is 15.9 Å². The molecule has 6 heteroatoms. The lowest BCUT2D eigenvalue weighted by atomic mass is 10.2. The summed E-state index contributed by atoms with van der Waals surface area (Å²) in [6, 6.07) is 9.12. The van der Waals surface area contributed by atoms with Gasteiger partial charge in [-0.25, -0.2) is 0 Å². The van der Waals surface area contributed by atoms with Gasteiger partial charge in [0, 0.05) is 24.2 Å². The third kappa shape index (κ3) is 3.65. The number of ether oxygens (including phenoxy) is 1. The summed E-state index contributed by atoms with van der Waals surface area (Å²) in [5.41, 5.74) is 2.03. The largest absolute Gasteiger partial charge is 0.377 e. The van der Waals surface area contributed by atoms with E-state index in [-0.39, 0.29) is 11.6 Å². The van der Waals surface area contributed by atoms with Gasteiger partial charge in [0.15, 0.2) is 11.5 Å². The average molecular weight is 325 g/mol. The number of nitrogens with one attached hydrogen (secondary N) is 1. The van der Waals surface area contributed by atoms with Crippen molar-refractivity contribution >= 4 is 27.5 Å². The molecule has 2 rings (SSSR count). The quantitative estimate of drug-likeness (QED) is 0.859. The number of benzene rings is 1. The molecule has 1 aromatic heterocycles. The Balaban J connectivity index is 2.06. The summed E-state index contributed by atoms with van der Waals surface area (Å²) in [5.74, 6) is 0.208. The summed E-state index contributed by atoms with van der Waals surface area (Å²) >= 11 is 3.37. The van der Waals surface area contributed by atoms with Crippen LogP contribution in [0.1, 0.15) is 21.8 Å². The second kappa shape index (κ2) is 6.49. The zero-order valence-electron chi connectivity index (χ0n) is 10.4. The van der Waals surface area contributed by atoms with Crippen LogP contribution in [0.5, 0.6) is 0 Å². The SMILES string of the molecule is COCc1cc(C(=O)Nc2cccc(CBr)c2)no1. The Kier molecular flexibility index (Phi) is 4.70. The number of amides is 1. The van der Waals surface area contributed by atoms with Crippen LogP contribution in [0.4, 0.5) is 5.69 Å². The molecule has 1 N–H and O–H groups in total. The van der Waals surface area contributed by atoms with Crippen molar-refractivity contribution in [2.75, 3.05) is 12.4 Å². The lowest BCUT2D eigenvalue weighted by Crippen LogP contribution is -2.12. The molecule has 19 heavy (non-hydrogen) atoms. The Morgan fingerprint density at radius 2 is 2.32 bits per heavy atom. The van der Waals surface area contributed by atoms with Crippen LogP contribution < -0.4 is 5.32 Å². The number of hydrogen-bond acceptors (Lipinski definition) is 4. The van der Waals surface area contributed by atoms with Gasteiger partial charge in [-0.05, 0) is 17.7 Å². The van der Waals surface area contributed by atoms with Crippen molar-refractivity contribution in [1.29, 1.82) is 0 Å². The minimum atomic E-state index is -0.308. The van der Waals surface area contributed by atoms with Gasteiger partial charge in [0.05, 0.1) is 0 Å². The van der Waals surface area contributed by atoms with Crippen molar-refractivity contribution in [3.63, 3.8) is 0 Å². The van der Waals surface area contributed by atoms with Gasteiger partial charge in [0.2, 0.25) is 0 Å².